The van der Waals surface area contributed by atoms with Crippen LogP contribution < -0.4 is 20.1 Å². The lowest BCUT2D eigenvalue weighted by Gasteiger charge is -2.30. The molecule has 1 aliphatic heterocycles. The maximum Gasteiger partial charge on any atom is 0.347 e. The fraction of sp³-hybridized carbons (Fsp3) is 0.421. The maximum absolute atomic E-state index is 12.2. The number of Topliss-reactive ketones (excluding diaryl/α,β-unsaturated/α-hetero) is 1. The zero-order valence-corrected chi connectivity index (χ0v) is 18.7. The molecule has 28 heavy (non-hydrogen) atoms. The number of carbonyl (C=O) groups is 2. The summed E-state index contributed by atoms with van der Waals surface area (Å²) in [6.45, 7) is 6.92. The van der Waals surface area contributed by atoms with Crippen LogP contribution in [-0.2, 0) is 14.3 Å². The van der Waals surface area contributed by atoms with E-state index in [4.69, 9.17) is 26.4 Å². The van der Waals surface area contributed by atoms with Crippen molar-refractivity contribution in [2.24, 2.45) is 0 Å². The predicted molar refractivity (Wildman–Crippen MR) is 112 cm³/mol. The first-order chi connectivity index (χ1) is 13.2. The molecule has 1 heterocycles. The first-order valence-corrected chi connectivity index (χ1v) is 9.89. The molecular weight excluding hydrogens is 448 g/mol. The highest BCUT2D eigenvalue weighted by atomic mass is 79.9. The molecule has 0 saturated carbocycles. The monoisotopic (exact) mass is 470 g/mol. The summed E-state index contributed by atoms with van der Waals surface area (Å²) in [4.78, 5) is 24.1. The van der Waals surface area contributed by atoms with Gasteiger partial charge in [-0.3, -0.25) is 4.79 Å². The third kappa shape index (κ3) is 4.82. The minimum absolute atomic E-state index is 0.0728. The molecule has 0 spiro atoms. The van der Waals surface area contributed by atoms with E-state index in [1.807, 2.05) is 6.92 Å². The van der Waals surface area contributed by atoms with E-state index in [9.17, 15) is 9.59 Å². The van der Waals surface area contributed by atoms with Crippen LogP contribution in [0.3, 0.4) is 0 Å². The van der Waals surface area contributed by atoms with Crippen molar-refractivity contribution in [2.75, 3.05) is 13.7 Å². The van der Waals surface area contributed by atoms with Gasteiger partial charge in [0.2, 0.25) is 0 Å². The first-order valence-electron chi connectivity index (χ1n) is 8.69. The van der Waals surface area contributed by atoms with E-state index in [1.54, 1.807) is 26.0 Å². The van der Waals surface area contributed by atoms with Gasteiger partial charge in [0.25, 0.3) is 0 Å². The number of benzene rings is 1. The number of thiocarbonyl (C=S) groups is 1. The third-order valence-electron chi connectivity index (χ3n) is 4.15. The summed E-state index contributed by atoms with van der Waals surface area (Å²) in [7, 11) is 1.50. The molecule has 9 heteroatoms. The zero-order chi connectivity index (χ0) is 21.0. The molecule has 1 aromatic carbocycles. The number of methoxy groups -OCH3 is 1. The van der Waals surface area contributed by atoms with E-state index in [2.05, 4.69) is 26.6 Å². The molecule has 152 valence electrons. The van der Waals surface area contributed by atoms with Gasteiger partial charge in [0.05, 0.1) is 24.2 Å². The molecule has 1 aromatic rings. The van der Waals surface area contributed by atoms with Crippen molar-refractivity contribution in [3.63, 3.8) is 0 Å². The Kier molecular flexibility index (Phi) is 7.42. The van der Waals surface area contributed by atoms with Crippen LogP contribution in [0.1, 0.15) is 39.3 Å². The molecule has 0 saturated heterocycles. The normalized spacial score (nSPS) is 17.4. The molecule has 0 radical (unpaired) electrons. The summed E-state index contributed by atoms with van der Waals surface area (Å²) in [5, 5.41) is 6.52. The van der Waals surface area contributed by atoms with Gasteiger partial charge in [-0.1, -0.05) is 0 Å². The summed E-state index contributed by atoms with van der Waals surface area (Å²) in [6.07, 6.45) is -0.810. The van der Waals surface area contributed by atoms with Gasteiger partial charge in [-0.2, -0.15) is 0 Å². The van der Waals surface area contributed by atoms with Gasteiger partial charge in [0.1, 0.15) is 0 Å². The van der Waals surface area contributed by atoms with Crippen LogP contribution in [-0.4, -0.2) is 36.7 Å². The Hall–Kier alpha value is -2.13. The van der Waals surface area contributed by atoms with Crippen molar-refractivity contribution in [1.82, 2.24) is 10.6 Å². The highest BCUT2D eigenvalue weighted by molar-refractivity contribution is 9.10. The van der Waals surface area contributed by atoms with Gasteiger partial charge in [-0.15, -0.1) is 0 Å². The SMILES string of the molecule is CCOC(=O)[C@@H](C)Oc1c(Br)cc([C@@H]2NC(=S)NC(C)=C2C(C)=O)cc1OC. The lowest BCUT2D eigenvalue weighted by atomic mass is 9.93. The van der Waals surface area contributed by atoms with Crippen LogP contribution >= 0.6 is 28.1 Å². The van der Waals surface area contributed by atoms with Crippen LogP contribution in [0.2, 0.25) is 0 Å². The second-order valence-electron chi connectivity index (χ2n) is 6.17. The van der Waals surface area contributed by atoms with Gasteiger partial charge in [0, 0.05) is 11.3 Å². The minimum atomic E-state index is -0.810. The zero-order valence-electron chi connectivity index (χ0n) is 16.3. The number of ketones is 1. The Morgan fingerprint density at radius 3 is 2.61 bits per heavy atom. The summed E-state index contributed by atoms with van der Waals surface area (Å²) >= 11 is 8.72. The van der Waals surface area contributed by atoms with Crippen molar-refractivity contribution in [2.45, 2.75) is 39.8 Å². The molecule has 0 aromatic heterocycles. The van der Waals surface area contributed by atoms with E-state index in [1.165, 1.54) is 14.0 Å². The number of ether oxygens (including phenoxy) is 3. The number of nitrogens with one attached hydrogen (secondary N) is 2. The summed E-state index contributed by atoms with van der Waals surface area (Å²) in [5.74, 6) is 0.236. The molecule has 7 nitrogen and oxygen atoms in total. The van der Waals surface area contributed by atoms with E-state index >= 15 is 0 Å². The lowest BCUT2D eigenvalue weighted by molar-refractivity contribution is -0.150. The largest absolute Gasteiger partial charge is 0.493 e. The van der Waals surface area contributed by atoms with Crippen molar-refractivity contribution in [1.29, 1.82) is 0 Å². The second kappa shape index (κ2) is 9.38. The number of esters is 1. The number of hydrogen-bond donors (Lipinski definition) is 2. The summed E-state index contributed by atoms with van der Waals surface area (Å²) in [5.41, 5.74) is 2.04. The molecule has 0 fully saturated rings. The molecule has 2 atom stereocenters. The van der Waals surface area contributed by atoms with Crippen LogP contribution in [0.25, 0.3) is 0 Å². The quantitative estimate of drug-likeness (QED) is 0.464. The van der Waals surface area contributed by atoms with E-state index in [-0.39, 0.29) is 12.4 Å². The Bertz CT molecular complexity index is 840. The maximum atomic E-state index is 12.2. The Morgan fingerprint density at radius 1 is 1.36 bits per heavy atom. The number of hydrogen-bond acceptors (Lipinski definition) is 6. The minimum Gasteiger partial charge on any atom is -0.493 e. The Labute approximate surface area is 177 Å². The van der Waals surface area contributed by atoms with Crippen molar-refractivity contribution in [3.8, 4) is 11.5 Å². The van der Waals surface area contributed by atoms with E-state index < -0.39 is 18.1 Å². The molecular formula is C19H23BrN2O5S. The Morgan fingerprint density at radius 2 is 2.04 bits per heavy atom. The van der Waals surface area contributed by atoms with Crippen LogP contribution in [0, 0.1) is 0 Å². The smallest absolute Gasteiger partial charge is 0.347 e. The fourth-order valence-electron chi connectivity index (χ4n) is 2.92. The highest BCUT2D eigenvalue weighted by Gasteiger charge is 2.30. The number of rotatable bonds is 7. The van der Waals surface area contributed by atoms with Crippen LogP contribution in [0.5, 0.6) is 11.5 Å². The molecule has 0 bridgehead atoms. The molecule has 2 N–H and O–H groups in total. The average molecular weight is 471 g/mol. The standard InChI is InChI=1S/C19H23BrN2O5S/c1-6-26-18(24)11(4)27-17-13(20)7-12(8-14(17)25-5)16-15(10(3)23)9(2)21-19(28)22-16/h7-8,11,16H,6H2,1-5H3,(H2,21,22,28)/t11-,16+/m1/s1. The number of allylic oxidation sites excluding steroid dienone is 1. The predicted octanol–water partition coefficient (Wildman–Crippen LogP) is 3.17. The van der Waals surface area contributed by atoms with Crippen molar-refractivity contribution in [3.05, 3.63) is 33.4 Å². The number of halogens is 1. The number of carbonyl (C=O) groups excluding carboxylic acids is 2. The molecule has 0 amide bonds. The summed E-state index contributed by atoms with van der Waals surface area (Å²) < 4.78 is 16.8. The van der Waals surface area contributed by atoms with Crippen molar-refractivity contribution < 1.29 is 23.8 Å². The lowest BCUT2D eigenvalue weighted by Crippen LogP contribution is -2.44. The van der Waals surface area contributed by atoms with E-state index in [0.29, 0.717) is 32.4 Å². The molecule has 0 unspecified atom stereocenters. The molecule has 0 aliphatic carbocycles. The van der Waals surface area contributed by atoms with Gasteiger partial charge < -0.3 is 24.8 Å². The summed E-state index contributed by atoms with van der Waals surface area (Å²) in [6, 6.07) is 3.12. The van der Waals surface area contributed by atoms with E-state index in [0.717, 1.165) is 5.56 Å². The third-order valence-corrected chi connectivity index (χ3v) is 4.96. The van der Waals surface area contributed by atoms with Gasteiger partial charge >= 0.3 is 5.97 Å². The fourth-order valence-corrected chi connectivity index (χ4v) is 3.74. The van der Waals surface area contributed by atoms with Crippen LogP contribution in [0.15, 0.2) is 27.9 Å². The first kappa shape index (κ1) is 22.2. The van der Waals surface area contributed by atoms with Gasteiger partial charge in [-0.05, 0) is 73.5 Å². The topological polar surface area (TPSA) is 85.9 Å². The molecule has 1 aliphatic rings. The molecule has 2 rings (SSSR count). The van der Waals surface area contributed by atoms with Crippen molar-refractivity contribution >= 4 is 45.0 Å². The Balaban J connectivity index is 2.44. The average Bonchev–Trinajstić information content (AvgIpc) is 2.62. The van der Waals surface area contributed by atoms with Gasteiger partial charge in [-0.25, -0.2) is 4.79 Å². The highest BCUT2D eigenvalue weighted by Crippen LogP contribution is 2.40. The van der Waals surface area contributed by atoms with Gasteiger partial charge in [0.15, 0.2) is 28.5 Å². The van der Waals surface area contributed by atoms with Crippen LogP contribution in [0.4, 0.5) is 0 Å². The second-order valence-corrected chi connectivity index (χ2v) is 7.44.